The topological polar surface area (TPSA) is 58.6 Å². The number of alkyl halides is 3. The number of amides is 2. The Labute approximate surface area is 160 Å². The van der Waals surface area contributed by atoms with Crippen LogP contribution in [0.15, 0.2) is 48.5 Å². The van der Waals surface area contributed by atoms with Crippen molar-refractivity contribution in [3.05, 3.63) is 59.7 Å². The largest absolute Gasteiger partial charge is 0.489 e. The maximum absolute atomic E-state index is 12.6. The van der Waals surface area contributed by atoms with Gasteiger partial charge in [0.05, 0.1) is 5.56 Å². The number of nitrogens with one attached hydrogen (secondary N) is 1. The van der Waals surface area contributed by atoms with E-state index in [0.717, 1.165) is 12.1 Å². The molecule has 5 nitrogen and oxygen atoms in total. The highest BCUT2D eigenvalue weighted by molar-refractivity contribution is 5.96. The van der Waals surface area contributed by atoms with E-state index in [9.17, 15) is 22.8 Å². The summed E-state index contributed by atoms with van der Waals surface area (Å²) in [5, 5.41) is 2.75. The summed E-state index contributed by atoms with van der Waals surface area (Å²) < 4.78 is 43.3. The van der Waals surface area contributed by atoms with Crippen LogP contribution >= 0.6 is 0 Å². The Kier molecular flexibility index (Phi) is 5.58. The van der Waals surface area contributed by atoms with Crippen molar-refractivity contribution in [3.63, 3.8) is 0 Å². The van der Waals surface area contributed by atoms with Gasteiger partial charge in [-0.2, -0.15) is 13.2 Å². The van der Waals surface area contributed by atoms with Crippen LogP contribution in [0.3, 0.4) is 0 Å². The molecule has 1 heterocycles. The first-order valence-corrected chi connectivity index (χ1v) is 8.72. The Morgan fingerprint density at radius 1 is 1.14 bits per heavy atom. The van der Waals surface area contributed by atoms with Gasteiger partial charge in [0, 0.05) is 19.0 Å². The van der Waals surface area contributed by atoms with Gasteiger partial charge >= 0.3 is 6.18 Å². The Bertz CT molecular complexity index is 848. The van der Waals surface area contributed by atoms with E-state index in [1.807, 2.05) is 0 Å². The summed E-state index contributed by atoms with van der Waals surface area (Å²) in [4.78, 5) is 25.0. The van der Waals surface area contributed by atoms with E-state index in [-0.39, 0.29) is 24.6 Å². The van der Waals surface area contributed by atoms with Gasteiger partial charge in [-0.3, -0.25) is 14.5 Å². The van der Waals surface area contributed by atoms with Gasteiger partial charge < -0.3 is 10.1 Å². The number of rotatable bonds is 5. The van der Waals surface area contributed by atoms with Crippen LogP contribution in [0.25, 0.3) is 0 Å². The summed E-state index contributed by atoms with van der Waals surface area (Å²) in [6.45, 7) is 1.52. The molecular formula is C20H19F3N2O3. The van der Waals surface area contributed by atoms with Crippen LogP contribution < -0.4 is 15.0 Å². The molecule has 2 amide bonds. The third kappa shape index (κ3) is 4.62. The number of carbonyl (C=O) groups is 2. The van der Waals surface area contributed by atoms with E-state index in [1.165, 1.54) is 19.1 Å². The van der Waals surface area contributed by atoms with Crippen LogP contribution in [-0.4, -0.2) is 18.0 Å². The van der Waals surface area contributed by atoms with Crippen LogP contribution in [0.4, 0.5) is 18.9 Å². The lowest BCUT2D eigenvalue weighted by Gasteiger charge is -2.25. The van der Waals surface area contributed by atoms with E-state index in [0.29, 0.717) is 29.8 Å². The molecule has 0 radical (unpaired) electrons. The summed E-state index contributed by atoms with van der Waals surface area (Å²) in [5.41, 5.74) is 0.547. The second kappa shape index (κ2) is 7.92. The Hall–Kier alpha value is -3.03. The standard InChI is InChI=1S/C20H19F3N2O3/c1-13(26)24-18-10-11-19(27)25(18)16-6-8-17(9-7-16)28-12-14-2-4-15(5-3-14)20(21,22)23/h2-9,18H,10-12H2,1H3,(H,24,26)/t18-/m0/s1. The van der Waals surface area contributed by atoms with E-state index >= 15 is 0 Å². The number of benzene rings is 2. The molecule has 1 N–H and O–H groups in total. The number of nitrogens with zero attached hydrogens (tertiary/aromatic N) is 1. The van der Waals surface area contributed by atoms with Crippen LogP contribution in [-0.2, 0) is 22.4 Å². The Balaban J connectivity index is 1.63. The average Bonchev–Trinajstić information content (AvgIpc) is 2.99. The molecule has 1 saturated heterocycles. The minimum Gasteiger partial charge on any atom is -0.489 e. The molecule has 0 unspecified atom stereocenters. The van der Waals surface area contributed by atoms with Crippen molar-refractivity contribution in [2.45, 2.75) is 38.7 Å². The maximum atomic E-state index is 12.6. The predicted molar refractivity (Wildman–Crippen MR) is 96.5 cm³/mol. The molecule has 2 aromatic rings. The summed E-state index contributed by atoms with van der Waals surface area (Å²) in [7, 11) is 0. The lowest BCUT2D eigenvalue weighted by Crippen LogP contribution is -2.45. The smallest absolute Gasteiger partial charge is 0.416 e. The molecule has 0 spiro atoms. The fraction of sp³-hybridized carbons (Fsp3) is 0.300. The van der Waals surface area contributed by atoms with Crippen molar-refractivity contribution in [3.8, 4) is 5.75 Å². The van der Waals surface area contributed by atoms with Gasteiger partial charge in [-0.1, -0.05) is 12.1 Å². The highest BCUT2D eigenvalue weighted by Crippen LogP contribution is 2.30. The zero-order valence-electron chi connectivity index (χ0n) is 15.1. The van der Waals surface area contributed by atoms with E-state index in [1.54, 1.807) is 29.2 Å². The van der Waals surface area contributed by atoms with Gasteiger partial charge in [-0.05, 0) is 48.4 Å². The second-order valence-electron chi connectivity index (χ2n) is 6.50. The minimum atomic E-state index is -4.36. The molecule has 1 aliphatic rings. The first-order valence-electron chi connectivity index (χ1n) is 8.72. The summed E-state index contributed by atoms with van der Waals surface area (Å²) in [5.74, 6) is 0.240. The summed E-state index contributed by atoms with van der Waals surface area (Å²) in [6, 6.07) is 11.5. The molecule has 0 aromatic heterocycles. The van der Waals surface area contributed by atoms with Crippen molar-refractivity contribution in [2.24, 2.45) is 0 Å². The molecule has 1 atom stereocenters. The fourth-order valence-electron chi connectivity index (χ4n) is 3.04. The van der Waals surface area contributed by atoms with E-state index < -0.39 is 11.7 Å². The first-order chi connectivity index (χ1) is 13.2. The second-order valence-corrected chi connectivity index (χ2v) is 6.50. The van der Waals surface area contributed by atoms with Crippen LogP contribution in [0, 0.1) is 0 Å². The van der Waals surface area contributed by atoms with Crippen molar-refractivity contribution in [1.82, 2.24) is 5.32 Å². The van der Waals surface area contributed by atoms with Gasteiger partial charge in [0.1, 0.15) is 18.5 Å². The third-order valence-electron chi connectivity index (χ3n) is 4.38. The van der Waals surface area contributed by atoms with Crippen LogP contribution in [0.2, 0.25) is 0 Å². The van der Waals surface area contributed by atoms with Crippen LogP contribution in [0.5, 0.6) is 5.75 Å². The lowest BCUT2D eigenvalue weighted by atomic mass is 10.1. The fourth-order valence-corrected chi connectivity index (χ4v) is 3.04. The number of anilines is 1. The molecule has 0 aliphatic carbocycles. The van der Waals surface area contributed by atoms with Crippen molar-refractivity contribution in [2.75, 3.05) is 4.90 Å². The van der Waals surface area contributed by atoms with Gasteiger partial charge in [0.25, 0.3) is 0 Å². The van der Waals surface area contributed by atoms with Gasteiger partial charge in [-0.15, -0.1) is 0 Å². The SMILES string of the molecule is CC(=O)N[C@@H]1CCC(=O)N1c1ccc(OCc2ccc(C(F)(F)F)cc2)cc1. The first kappa shape index (κ1) is 19.7. The van der Waals surface area contributed by atoms with Crippen molar-refractivity contribution in [1.29, 1.82) is 0 Å². The molecule has 2 aromatic carbocycles. The predicted octanol–water partition coefficient (Wildman–Crippen LogP) is 3.87. The van der Waals surface area contributed by atoms with Crippen molar-refractivity contribution >= 4 is 17.5 Å². The highest BCUT2D eigenvalue weighted by atomic mass is 19.4. The van der Waals surface area contributed by atoms with Crippen molar-refractivity contribution < 1.29 is 27.5 Å². The van der Waals surface area contributed by atoms with Gasteiger partial charge in [-0.25, -0.2) is 0 Å². The van der Waals surface area contributed by atoms with E-state index in [2.05, 4.69) is 5.32 Å². The molecule has 1 fully saturated rings. The number of carbonyl (C=O) groups excluding carboxylic acids is 2. The molecule has 8 heteroatoms. The minimum absolute atomic E-state index is 0.0721. The summed E-state index contributed by atoms with van der Waals surface area (Å²) >= 11 is 0. The molecule has 28 heavy (non-hydrogen) atoms. The third-order valence-corrected chi connectivity index (χ3v) is 4.38. The molecule has 0 saturated carbocycles. The Morgan fingerprint density at radius 3 is 2.36 bits per heavy atom. The lowest BCUT2D eigenvalue weighted by molar-refractivity contribution is -0.137. The monoisotopic (exact) mass is 392 g/mol. The molecule has 148 valence electrons. The van der Waals surface area contributed by atoms with Gasteiger partial charge in [0.2, 0.25) is 11.8 Å². The number of ether oxygens (including phenoxy) is 1. The number of halogens is 3. The normalized spacial score (nSPS) is 16.9. The molecular weight excluding hydrogens is 373 g/mol. The van der Waals surface area contributed by atoms with Crippen LogP contribution in [0.1, 0.15) is 30.9 Å². The quantitative estimate of drug-likeness (QED) is 0.840. The highest BCUT2D eigenvalue weighted by Gasteiger charge is 2.32. The average molecular weight is 392 g/mol. The van der Waals surface area contributed by atoms with Gasteiger partial charge in [0.15, 0.2) is 0 Å². The maximum Gasteiger partial charge on any atom is 0.416 e. The Morgan fingerprint density at radius 2 is 1.79 bits per heavy atom. The number of hydrogen-bond donors (Lipinski definition) is 1. The zero-order valence-corrected chi connectivity index (χ0v) is 15.1. The zero-order chi connectivity index (χ0) is 20.3. The molecule has 0 bridgehead atoms. The number of hydrogen-bond acceptors (Lipinski definition) is 3. The molecule has 1 aliphatic heterocycles. The summed E-state index contributed by atoms with van der Waals surface area (Å²) in [6.07, 6.45) is -3.83. The van der Waals surface area contributed by atoms with E-state index in [4.69, 9.17) is 4.74 Å². The molecule has 3 rings (SSSR count).